The van der Waals surface area contributed by atoms with E-state index in [1.165, 1.54) is 24.8 Å². The number of methoxy groups -OCH3 is 1. The van der Waals surface area contributed by atoms with Crippen molar-refractivity contribution in [3.63, 3.8) is 0 Å². The Hall–Kier alpha value is -2.53. The molecule has 1 amide bonds. The molecule has 2 aromatic rings. The van der Waals surface area contributed by atoms with E-state index in [4.69, 9.17) is 9.47 Å². The summed E-state index contributed by atoms with van der Waals surface area (Å²) in [6.45, 7) is 3.21. The summed E-state index contributed by atoms with van der Waals surface area (Å²) in [5.74, 6) is 1.78. The molecule has 5 nitrogen and oxygen atoms in total. The van der Waals surface area contributed by atoms with Gasteiger partial charge in [0.15, 0.2) is 18.1 Å². The van der Waals surface area contributed by atoms with Gasteiger partial charge in [-0.3, -0.25) is 4.79 Å². The lowest BCUT2D eigenvalue weighted by atomic mass is 9.77. The van der Waals surface area contributed by atoms with E-state index < -0.39 is 0 Å². The Labute approximate surface area is 167 Å². The molecule has 1 aliphatic carbocycles. The molecule has 0 saturated heterocycles. The van der Waals surface area contributed by atoms with Crippen LogP contribution in [0.2, 0.25) is 0 Å². The van der Waals surface area contributed by atoms with E-state index in [1.54, 1.807) is 7.11 Å². The van der Waals surface area contributed by atoms with Gasteiger partial charge < -0.3 is 20.1 Å². The number of amides is 1. The number of benzene rings is 2. The quantitative estimate of drug-likeness (QED) is 0.655. The molecule has 1 saturated carbocycles. The van der Waals surface area contributed by atoms with E-state index in [9.17, 15) is 4.79 Å². The highest BCUT2D eigenvalue weighted by Crippen LogP contribution is 2.38. The predicted octanol–water partition coefficient (Wildman–Crippen LogP) is 3.84. The lowest BCUT2D eigenvalue weighted by molar-refractivity contribution is -0.123. The second-order valence-electron chi connectivity index (χ2n) is 7.19. The molecule has 1 fully saturated rings. The Balaban J connectivity index is 1.63. The molecular formula is C23H30N2O3. The van der Waals surface area contributed by atoms with Crippen LogP contribution in [0.15, 0.2) is 48.5 Å². The predicted molar refractivity (Wildman–Crippen MR) is 111 cm³/mol. The van der Waals surface area contributed by atoms with Crippen molar-refractivity contribution in [3.05, 3.63) is 59.7 Å². The van der Waals surface area contributed by atoms with E-state index in [-0.39, 0.29) is 12.5 Å². The standard InChI is InChI=1S/C23H30N2O3/c1-3-24-22(26)16-28-20-13-12-17(14-21(20)27-2)15-25-23(19-10-7-11-19)18-8-5-4-6-9-18/h4-6,8-9,12-14,19,23,25H,3,7,10-11,15-16H2,1-2H3,(H,24,26). The molecule has 0 aliphatic heterocycles. The summed E-state index contributed by atoms with van der Waals surface area (Å²) in [7, 11) is 1.62. The van der Waals surface area contributed by atoms with Crippen molar-refractivity contribution in [2.45, 2.75) is 38.8 Å². The smallest absolute Gasteiger partial charge is 0.257 e. The van der Waals surface area contributed by atoms with E-state index in [1.807, 2.05) is 25.1 Å². The van der Waals surface area contributed by atoms with Gasteiger partial charge in [-0.15, -0.1) is 0 Å². The second kappa shape index (κ2) is 10.1. The average molecular weight is 383 g/mol. The van der Waals surface area contributed by atoms with Crippen LogP contribution in [0.5, 0.6) is 11.5 Å². The van der Waals surface area contributed by atoms with E-state index >= 15 is 0 Å². The summed E-state index contributed by atoms with van der Waals surface area (Å²) in [6, 6.07) is 16.9. The van der Waals surface area contributed by atoms with Crippen LogP contribution in [0, 0.1) is 5.92 Å². The van der Waals surface area contributed by atoms with Gasteiger partial charge in [-0.05, 0) is 48.9 Å². The molecule has 0 bridgehead atoms. The average Bonchev–Trinajstić information content (AvgIpc) is 2.69. The molecule has 150 valence electrons. The normalized spacial score (nSPS) is 14.8. The summed E-state index contributed by atoms with van der Waals surface area (Å²) in [6.07, 6.45) is 3.88. The fourth-order valence-corrected chi connectivity index (χ4v) is 3.55. The molecule has 3 rings (SSSR count). The lowest BCUT2D eigenvalue weighted by Gasteiger charge is -2.35. The third-order valence-electron chi connectivity index (χ3n) is 5.27. The maximum absolute atomic E-state index is 11.6. The summed E-state index contributed by atoms with van der Waals surface area (Å²) in [4.78, 5) is 11.6. The zero-order valence-corrected chi connectivity index (χ0v) is 16.7. The zero-order chi connectivity index (χ0) is 19.8. The van der Waals surface area contributed by atoms with Gasteiger partial charge >= 0.3 is 0 Å². The van der Waals surface area contributed by atoms with Crippen molar-refractivity contribution in [2.24, 2.45) is 5.92 Å². The number of hydrogen-bond acceptors (Lipinski definition) is 4. The van der Waals surface area contributed by atoms with Crippen LogP contribution in [-0.4, -0.2) is 26.2 Å². The van der Waals surface area contributed by atoms with Crippen molar-refractivity contribution in [1.29, 1.82) is 0 Å². The van der Waals surface area contributed by atoms with Gasteiger partial charge in [0.1, 0.15) is 0 Å². The molecule has 1 aliphatic rings. The molecule has 0 spiro atoms. The van der Waals surface area contributed by atoms with Crippen molar-refractivity contribution in [2.75, 3.05) is 20.3 Å². The Morgan fingerprint density at radius 3 is 2.57 bits per heavy atom. The summed E-state index contributed by atoms with van der Waals surface area (Å²) >= 11 is 0. The zero-order valence-electron chi connectivity index (χ0n) is 16.7. The first-order valence-electron chi connectivity index (χ1n) is 10.1. The van der Waals surface area contributed by atoms with Gasteiger partial charge in [0.25, 0.3) is 5.91 Å². The first-order chi connectivity index (χ1) is 13.7. The van der Waals surface area contributed by atoms with Crippen LogP contribution in [0.4, 0.5) is 0 Å². The van der Waals surface area contributed by atoms with Gasteiger partial charge in [0.05, 0.1) is 7.11 Å². The minimum atomic E-state index is -0.138. The largest absolute Gasteiger partial charge is 0.493 e. The van der Waals surface area contributed by atoms with Crippen molar-refractivity contribution >= 4 is 5.91 Å². The number of carbonyl (C=O) groups is 1. The van der Waals surface area contributed by atoms with Crippen LogP contribution < -0.4 is 20.1 Å². The fourth-order valence-electron chi connectivity index (χ4n) is 3.55. The van der Waals surface area contributed by atoms with Crippen LogP contribution in [-0.2, 0) is 11.3 Å². The third kappa shape index (κ3) is 5.26. The van der Waals surface area contributed by atoms with E-state index in [0.29, 0.717) is 30.0 Å². The summed E-state index contributed by atoms with van der Waals surface area (Å²) in [5, 5.41) is 6.45. The molecule has 5 heteroatoms. The molecule has 2 N–H and O–H groups in total. The van der Waals surface area contributed by atoms with Gasteiger partial charge in [0.2, 0.25) is 0 Å². The highest BCUT2D eigenvalue weighted by atomic mass is 16.5. The van der Waals surface area contributed by atoms with E-state index in [0.717, 1.165) is 12.1 Å². The number of rotatable bonds is 10. The molecule has 1 unspecified atom stereocenters. The Morgan fingerprint density at radius 2 is 1.93 bits per heavy atom. The van der Waals surface area contributed by atoms with E-state index in [2.05, 4.69) is 41.0 Å². The van der Waals surface area contributed by atoms with Crippen LogP contribution in [0.1, 0.15) is 43.4 Å². The first-order valence-corrected chi connectivity index (χ1v) is 10.1. The number of ether oxygens (including phenoxy) is 2. The fraction of sp³-hybridized carbons (Fsp3) is 0.435. The van der Waals surface area contributed by atoms with Crippen LogP contribution >= 0.6 is 0 Å². The third-order valence-corrected chi connectivity index (χ3v) is 5.27. The second-order valence-corrected chi connectivity index (χ2v) is 7.19. The van der Waals surface area contributed by atoms with Crippen molar-refractivity contribution in [1.82, 2.24) is 10.6 Å². The van der Waals surface area contributed by atoms with Crippen molar-refractivity contribution in [3.8, 4) is 11.5 Å². The maximum atomic E-state index is 11.6. The summed E-state index contributed by atoms with van der Waals surface area (Å²) in [5.41, 5.74) is 2.48. The summed E-state index contributed by atoms with van der Waals surface area (Å²) < 4.78 is 11.1. The van der Waals surface area contributed by atoms with Crippen molar-refractivity contribution < 1.29 is 14.3 Å². The highest BCUT2D eigenvalue weighted by Gasteiger charge is 2.28. The molecule has 0 radical (unpaired) electrons. The first kappa shape index (κ1) is 20.2. The highest BCUT2D eigenvalue weighted by molar-refractivity contribution is 5.77. The maximum Gasteiger partial charge on any atom is 0.257 e. The molecule has 1 atom stereocenters. The Morgan fingerprint density at radius 1 is 1.14 bits per heavy atom. The SMILES string of the molecule is CCNC(=O)COc1ccc(CNC(c2ccccc2)C2CCC2)cc1OC. The molecule has 2 aromatic carbocycles. The lowest BCUT2D eigenvalue weighted by Crippen LogP contribution is -2.31. The monoisotopic (exact) mass is 382 g/mol. The van der Waals surface area contributed by atoms with Gasteiger partial charge in [0, 0.05) is 19.1 Å². The van der Waals surface area contributed by atoms with Gasteiger partial charge in [-0.1, -0.05) is 42.8 Å². The Kier molecular flexibility index (Phi) is 7.31. The molecule has 0 aromatic heterocycles. The number of hydrogen-bond donors (Lipinski definition) is 2. The number of carbonyl (C=O) groups excluding carboxylic acids is 1. The number of likely N-dealkylation sites (N-methyl/N-ethyl adjacent to an activating group) is 1. The Bertz CT molecular complexity index is 760. The minimum absolute atomic E-state index is 0.0143. The number of nitrogens with one attached hydrogen (secondary N) is 2. The molecule has 28 heavy (non-hydrogen) atoms. The minimum Gasteiger partial charge on any atom is -0.493 e. The van der Waals surface area contributed by atoms with Crippen LogP contribution in [0.25, 0.3) is 0 Å². The van der Waals surface area contributed by atoms with Gasteiger partial charge in [-0.2, -0.15) is 0 Å². The van der Waals surface area contributed by atoms with Crippen LogP contribution in [0.3, 0.4) is 0 Å². The van der Waals surface area contributed by atoms with Gasteiger partial charge in [-0.25, -0.2) is 0 Å². The molecule has 0 heterocycles. The molecular weight excluding hydrogens is 352 g/mol. The topological polar surface area (TPSA) is 59.6 Å².